The number of anilines is 1. The van der Waals surface area contributed by atoms with Gasteiger partial charge in [-0.2, -0.15) is 0 Å². The van der Waals surface area contributed by atoms with E-state index in [0.29, 0.717) is 10.8 Å². The molecule has 1 atom stereocenters. The number of nitrogens with one attached hydrogen (secondary N) is 2. The third-order valence-electron chi connectivity index (χ3n) is 3.85. The van der Waals surface area contributed by atoms with Gasteiger partial charge in [0.1, 0.15) is 0 Å². The first-order valence-electron chi connectivity index (χ1n) is 7.95. The predicted molar refractivity (Wildman–Crippen MR) is 110 cm³/mol. The molecule has 7 heteroatoms. The highest BCUT2D eigenvalue weighted by Gasteiger charge is 2.16. The normalized spacial score (nSPS) is 11.6. The number of aryl methyl sites for hydroxylation is 1. The van der Waals surface area contributed by atoms with Crippen LogP contribution in [0.4, 0.5) is 11.4 Å². The van der Waals surface area contributed by atoms with Gasteiger partial charge in [-0.25, -0.2) is 0 Å². The highest BCUT2D eigenvalue weighted by molar-refractivity contribution is 7.80. The van der Waals surface area contributed by atoms with E-state index in [1.165, 1.54) is 17.7 Å². The van der Waals surface area contributed by atoms with E-state index in [-0.39, 0.29) is 11.7 Å². The molecule has 5 nitrogen and oxygen atoms in total. The number of rotatable bonds is 5. The van der Waals surface area contributed by atoms with Crippen molar-refractivity contribution < 1.29 is 4.92 Å². The van der Waals surface area contributed by atoms with Gasteiger partial charge >= 0.3 is 0 Å². The number of nitro groups is 1. The quantitative estimate of drug-likeness (QED) is 0.367. The Morgan fingerprint density at radius 2 is 1.81 bits per heavy atom. The van der Waals surface area contributed by atoms with E-state index in [4.69, 9.17) is 12.2 Å². The molecule has 0 saturated heterocycles. The zero-order chi connectivity index (χ0) is 18.5. The molecule has 2 N–H and O–H groups in total. The van der Waals surface area contributed by atoms with Crippen molar-refractivity contribution in [2.75, 3.05) is 5.32 Å². The van der Waals surface area contributed by atoms with E-state index < -0.39 is 4.92 Å². The van der Waals surface area contributed by atoms with E-state index >= 15 is 0 Å². The summed E-state index contributed by atoms with van der Waals surface area (Å²) in [6.07, 6.45) is 0. The molecule has 0 aliphatic carbocycles. The van der Waals surface area contributed by atoms with Crippen molar-refractivity contribution in [3.8, 4) is 0 Å². The van der Waals surface area contributed by atoms with E-state index in [2.05, 4.69) is 47.9 Å². The van der Waals surface area contributed by atoms with E-state index in [1.54, 1.807) is 23.5 Å². The molecule has 0 amide bonds. The van der Waals surface area contributed by atoms with Crippen LogP contribution in [-0.4, -0.2) is 10.0 Å². The monoisotopic (exact) mass is 383 g/mol. The van der Waals surface area contributed by atoms with Crippen molar-refractivity contribution in [3.05, 3.63) is 92.2 Å². The zero-order valence-electron chi connectivity index (χ0n) is 14.0. The summed E-state index contributed by atoms with van der Waals surface area (Å²) in [5.41, 5.74) is 3.06. The second kappa shape index (κ2) is 8.07. The number of hydrogen-bond acceptors (Lipinski definition) is 4. The number of thiocarbonyl (C=S) groups is 1. The van der Waals surface area contributed by atoms with Gasteiger partial charge in [0, 0.05) is 22.7 Å². The van der Waals surface area contributed by atoms with Crippen LogP contribution in [0.25, 0.3) is 0 Å². The lowest BCUT2D eigenvalue weighted by molar-refractivity contribution is -0.384. The number of nitro benzene ring substituents is 1. The first-order chi connectivity index (χ1) is 12.5. The molecule has 132 valence electrons. The van der Waals surface area contributed by atoms with E-state index in [0.717, 1.165) is 10.4 Å². The molecule has 0 aliphatic heterocycles. The third-order valence-corrected chi connectivity index (χ3v) is 5.01. The average molecular weight is 383 g/mol. The number of nitrogens with zero attached hydrogens (tertiary/aromatic N) is 1. The minimum atomic E-state index is -0.426. The molecule has 0 bridgehead atoms. The average Bonchev–Trinajstić information content (AvgIpc) is 3.15. The molecule has 0 unspecified atom stereocenters. The summed E-state index contributed by atoms with van der Waals surface area (Å²) in [6, 6.07) is 18.5. The predicted octanol–water partition coefficient (Wildman–Crippen LogP) is 5.04. The number of thiophene rings is 1. The molecule has 1 aromatic heterocycles. The standard InChI is InChI=1S/C19H17N3O2S2/c1-13-4-6-14(7-5-13)18(17-3-2-12-26-17)21-19(25)20-15-8-10-16(11-9-15)22(23)24/h2-12,18H,1H3,(H2,20,21,25)/t18-/m0/s1. The Labute approximate surface area is 160 Å². The van der Waals surface area contributed by atoms with Crippen LogP contribution in [0.2, 0.25) is 0 Å². The zero-order valence-corrected chi connectivity index (χ0v) is 15.6. The Morgan fingerprint density at radius 3 is 2.38 bits per heavy atom. The molecule has 3 rings (SSSR count). The van der Waals surface area contributed by atoms with Gasteiger partial charge in [-0.1, -0.05) is 35.9 Å². The SMILES string of the molecule is Cc1ccc([C@H](NC(=S)Nc2ccc([N+](=O)[O-])cc2)c2cccs2)cc1. The fourth-order valence-electron chi connectivity index (χ4n) is 2.50. The van der Waals surface area contributed by atoms with Crippen LogP contribution < -0.4 is 10.6 Å². The largest absolute Gasteiger partial charge is 0.351 e. The van der Waals surface area contributed by atoms with Crippen molar-refractivity contribution in [2.45, 2.75) is 13.0 Å². The molecular weight excluding hydrogens is 366 g/mol. The summed E-state index contributed by atoms with van der Waals surface area (Å²) < 4.78 is 0. The summed E-state index contributed by atoms with van der Waals surface area (Å²) in [4.78, 5) is 11.5. The first kappa shape index (κ1) is 18.0. The van der Waals surface area contributed by atoms with Crippen LogP contribution in [0.15, 0.2) is 66.0 Å². The van der Waals surface area contributed by atoms with Gasteiger partial charge in [0.25, 0.3) is 5.69 Å². The van der Waals surface area contributed by atoms with Crippen molar-refractivity contribution in [1.82, 2.24) is 5.32 Å². The molecule has 26 heavy (non-hydrogen) atoms. The fourth-order valence-corrected chi connectivity index (χ4v) is 3.54. The smallest absolute Gasteiger partial charge is 0.269 e. The summed E-state index contributed by atoms with van der Waals surface area (Å²) >= 11 is 7.10. The second-order valence-electron chi connectivity index (χ2n) is 5.76. The van der Waals surface area contributed by atoms with Crippen LogP contribution in [0.3, 0.4) is 0 Å². The molecule has 3 aromatic rings. The van der Waals surface area contributed by atoms with Gasteiger partial charge in [0.2, 0.25) is 0 Å². The maximum Gasteiger partial charge on any atom is 0.269 e. The topological polar surface area (TPSA) is 67.2 Å². The van der Waals surface area contributed by atoms with Crippen LogP contribution in [0.5, 0.6) is 0 Å². The van der Waals surface area contributed by atoms with E-state index in [1.807, 2.05) is 11.4 Å². The minimum Gasteiger partial charge on any atom is -0.351 e. The highest BCUT2D eigenvalue weighted by Crippen LogP contribution is 2.26. The molecule has 0 spiro atoms. The lowest BCUT2D eigenvalue weighted by Gasteiger charge is -2.20. The number of non-ortho nitro benzene ring substituents is 1. The fraction of sp³-hybridized carbons (Fsp3) is 0.105. The summed E-state index contributed by atoms with van der Waals surface area (Å²) in [5.74, 6) is 0. The Bertz CT molecular complexity index is 892. The maximum atomic E-state index is 10.7. The molecule has 1 heterocycles. The molecule has 0 aliphatic rings. The van der Waals surface area contributed by atoms with Gasteiger partial charge in [0.05, 0.1) is 11.0 Å². The Morgan fingerprint density at radius 1 is 1.12 bits per heavy atom. The Kier molecular flexibility index (Phi) is 5.60. The van der Waals surface area contributed by atoms with Crippen molar-refractivity contribution in [1.29, 1.82) is 0 Å². The third kappa shape index (κ3) is 4.44. The summed E-state index contributed by atoms with van der Waals surface area (Å²) in [6.45, 7) is 2.05. The lowest BCUT2D eigenvalue weighted by Crippen LogP contribution is -2.32. The maximum absolute atomic E-state index is 10.7. The molecule has 2 aromatic carbocycles. The summed E-state index contributed by atoms with van der Waals surface area (Å²) in [5, 5.41) is 19.7. The van der Waals surface area contributed by atoms with Crippen LogP contribution >= 0.6 is 23.6 Å². The van der Waals surface area contributed by atoms with Crippen LogP contribution in [0.1, 0.15) is 22.0 Å². The second-order valence-corrected chi connectivity index (χ2v) is 7.15. The Hall–Kier alpha value is -2.77. The van der Waals surface area contributed by atoms with Gasteiger partial charge in [-0.3, -0.25) is 10.1 Å². The summed E-state index contributed by atoms with van der Waals surface area (Å²) in [7, 11) is 0. The van der Waals surface area contributed by atoms with Crippen molar-refractivity contribution >= 4 is 40.0 Å². The van der Waals surface area contributed by atoms with E-state index in [9.17, 15) is 10.1 Å². The van der Waals surface area contributed by atoms with Gasteiger partial charge in [-0.15, -0.1) is 11.3 Å². The minimum absolute atomic E-state index is 0.0468. The van der Waals surface area contributed by atoms with Crippen LogP contribution in [-0.2, 0) is 0 Å². The molecule has 0 saturated carbocycles. The van der Waals surface area contributed by atoms with Gasteiger partial charge in [-0.05, 0) is 48.3 Å². The first-order valence-corrected chi connectivity index (χ1v) is 9.23. The van der Waals surface area contributed by atoms with Gasteiger partial charge in [0.15, 0.2) is 5.11 Å². The Balaban J connectivity index is 1.75. The van der Waals surface area contributed by atoms with Gasteiger partial charge < -0.3 is 10.6 Å². The van der Waals surface area contributed by atoms with Crippen LogP contribution in [0, 0.1) is 17.0 Å². The lowest BCUT2D eigenvalue weighted by atomic mass is 10.0. The van der Waals surface area contributed by atoms with Crippen molar-refractivity contribution in [3.63, 3.8) is 0 Å². The molecular formula is C19H17N3O2S2. The van der Waals surface area contributed by atoms with Crippen molar-refractivity contribution in [2.24, 2.45) is 0 Å². The molecule has 0 fully saturated rings. The number of hydrogen-bond donors (Lipinski definition) is 2. The molecule has 0 radical (unpaired) electrons. The number of benzene rings is 2. The highest BCUT2D eigenvalue weighted by atomic mass is 32.1.